The molecule has 1 saturated heterocycles. The van der Waals surface area contributed by atoms with Crippen LogP contribution in [0.25, 0.3) is 0 Å². The first-order chi connectivity index (χ1) is 7.88. The first-order valence-corrected chi connectivity index (χ1v) is 7.13. The SMILES string of the molecule is PN=PNPOc1cccc(CC2CO2)c1. The van der Waals surface area contributed by atoms with E-state index in [-0.39, 0.29) is 8.96 Å². The molecule has 2 rings (SSSR count). The average molecular weight is 274 g/mol. The van der Waals surface area contributed by atoms with Crippen molar-refractivity contribution < 1.29 is 9.26 Å². The first kappa shape index (κ1) is 12.4. The number of epoxide rings is 1. The van der Waals surface area contributed by atoms with Gasteiger partial charge in [0.25, 0.3) is 0 Å². The fourth-order valence-electron chi connectivity index (χ4n) is 1.32. The third kappa shape index (κ3) is 4.41. The van der Waals surface area contributed by atoms with Crippen LogP contribution in [-0.2, 0) is 11.2 Å². The van der Waals surface area contributed by atoms with Crippen molar-refractivity contribution in [1.29, 1.82) is 0 Å². The van der Waals surface area contributed by atoms with Crippen molar-refractivity contribution in [3.8, 4) is 5.75 Å². The molecule has 1 N–H and O–H groups in total. The molecule has 1 fully saturated rings. The van der Waals surface area contributed by atoms with Crippen LogP contribution in [0.1, 0.15) is 5.56 Å². The second-order valence-corrected chi connectivity index (χ2v) is 5.76. The number of benzene rings is 1. The first-order valence-electron chi connectivity index (χ1n) is 4.86. The van der Waals surface area contributed by atoms with Gasteiger partial charge in [0, 0.05) is 6.42 Å². The van der Waals surface area contributed by atoms with Gasteiger partial charge >= 0.3 is 0 Å². The lowest BCUT2D eigenvalue weighted by Crippen LogP contribution is -1.93. The van der Waals surface area contributed by atoms with E-state index < -0.39 is 0 Å². The molecule has 4 nitrogen and oxygen atoms in total. The van der Waals surface area contributed by atoms with Crippen LogP contribution in [0, 0.1) is 0 Å². The highest BCUT2D eigenvalue weighted by atomic mass is 31.1. The van der Waals surface area contributed by atoms with Crippen molar-refractivity contribution in [3.05, 3.63) is 29.8 Å². The monoisotopic (exact) mass is 274 g/mol. The highest BCUT2D eigenvalue weighted by Crippen LogP contribution is 2.24. The topological polar surface area (TPSA) is 46.2 Å². The van der Waals surface area contributed by atoms with Crippen molar-refractivity contribution in [3.63, 3.8) is 0 Å². The Hall–Kier alpha value is -0.100. The molecule has 0 saturated carbocycles. The summed E-state index contributed by atoms with van der Waals surface area (Å²) in [5.41, 5.74) is 1.26. The average Bonchev–Trinajstić information content (AvgIpc) is 3.09. The molecule has 0 amide bonds. The predicted octanol–water partition coefficient (Wildman–Crippen LogP) is 2.94. The van der Waals surface area contributed by atoms with Gasteiger partial charge in [-0.2, -0.15) is 0 Å². The van der Waals surface area contributed by atoms with E-state index in [2.05, 4.69) is 30.9 Å². The molecule has 1 heterocycles. The van der Waals surface area contributed by atoms with Crippen molar-refractivity contribution in [1.82, 2.24) is 4.86 Å². The van der Waals surface area contributed by atoms with Gasteiger partial charge < -0.3 is 9.26 Å². The minimum Gasteiger partial charge on any atom is -0.460 e. The number of nitrogens with one attached hydrogen (secondary N) is 1. The fourth-order valence-corrected chi connectivity index (χ4v) is 2.66. The van der Waals surface area contributed by atoms with Crippen LogP contribution in [-0.4, -0.2) is 12.7 Å². The summed E-state index contributed by atoms with van der Waals surface area (Å²) in [4.78, 5) is 3.02. The van der Waals surface area contributed by atoms with E-state index in [4.69, 9.17) is 9.26 Å². The van der Waals surface area contributed by atoms with Crippen LogP contribution >= 0.6 is 26.9 Å². The third-order valence-electron chi connectivity index (χ3n) is 2.09. The Bertz CT molecular complexity index is 372. The molecule has 16 heavy (non-hydrogen) atoms. The summed E-state index contributed by atoms with van der Waals surface area (Å²) in [5, 5.41) is 0. The third-order valence-corrected chi connectivity index (χ3v) is 3.65. The Morgan fingerprint density at radius 3 is 3.31 bits per heavy atom. The van der Waals surface area contributed by atoms with E-state index in [0.29, 0.717) is 6.10 Å². The van der Waals surface area contributed by atoms with E-state index in [9.17, 15) is 0 Å². The molecule has 1 aliphatic heterocycles. The zero-order valence-corrected chi connectivity index (χ0v) is 11.6. The quantitative estimate of drug-likeness (QED) is 0.493. The molecule has 1 aromatic carbocycles. The van der Waals surface area contributed by atoms with Crippen molar-refractivity contribution >= 4 is 26.9 Å². The molecule has 0 radical (unpaired) electrons. The fraction of sp³-hybridized carbons (Fsp3) is 0.333. The van der Waals surface area contributed by atoms with Gasteiger partial charge in [0.05, 0.1) is 12.7 Å². The molecule has 0 aliphatic carbocycles. The summed E-state index contributed by atoms with van der Waals surface area (Å²) < 4.78 is 14.6. The molecule has 86 valence electrons. The lowest BCUT2D eigenvalue weighted by Gasteiger charge is -2.05. The zero-order valence-electron chi connectivity index (χ0n) is 8.59. The molecule has 0 spiro atoms. The number of nitrogens with zero attached hydrogens (tertiary/aromatic N) is 1. The van der Waals surface area contributed by atoms with Gasteiger partial charge in [-0.15, -0.1) is 0 Å². The summed E-state index contributed by atoms with van der Waals surface area (Å²) in [6.07, 6.45) is 1.40. The van der Waals surface area contributed by atoms with Crippen molar-refractivity contribution in [2.45, 2.75) is 12.5 Å². The highest BCUT2D eigenvalue weighted by Gasteiger charge is 2.22. The van der Waals surface area contributed by atoms with E-state index in [1.165, 1.54) is 5.56 Å². The van der Waals surface area contributed by atoms with Gasteiger partial charge in [0.15, 0.2) is 8.96 Å². The van der Waals surface area contributed by atoms with E-state index in [1.807, 2.05) is 12.1 Å². The van der Waals surface area contributed by atoms with Gasteiger partial charge in [-0.3, -0.25) is 0 Å². The molecule has 0 bridgehead atoms. The summed E-state index contributed by atoms with van der Waals surface area (Å²) >= 11 is 0. The maximum Gasteiger partial charge on any atom is 0.155 e. The van der Waals surface area contributed by atoms with Crippen LogP contribution < -0.4 is 9.38 Å². The molecule has 1 aliphatic rings. The smallest absolute Gasteiger partial charge is 0.155 e. The van der Waals surface area contributed by atoms with Crippen LogP contribution in [0.3, 0.4) is 0 Å². The Labute approximate surface area is 101 Å². The predicted molar refractivity (Wildman–Crippen MR) is 71.0 cm³/mol. The standard InChI is InChI=1S/C9H13N2O2P3/c14-10-15-11-16-13-8-3-1-2-7(4-8)5-9-6-12-9/h1-4,9,16H,5-6,14H2,(H,10,11). The number of ether oxygens (including phenoxy) is 1. The van der Waals surface area contributed by atoms with E-state index >= 15 is 0 Å². The summed E-state index contributed by atoms with van der Waals surface area (Å²) in [7, 11) is 3.34. The maximum absolute atomic E-state index is 5.55. The Morgan fingerprint density at radius 2 is 2.56 bits per heavy atom. The number of rotatable bonds is 6. The molecule has 3 atom stereocenters. The lowest BCUT2D eigenvalue weighted by atomic mass is 10.1. The minimum atomic E-state index is 0.224. The summed E-state index contributed by atoms with van der Waals surface area (Å²) in [6, 6.07) is 8.13. The molecular weight excluding hydrogens is 261 g/mol. The van der Waals surface area contributed by atoms with Gasteiger partial charge in [-0.05, 0) is 27.1 Å². The van der Waals surface area contributed by atoms with E-state index in [1.54, 1.807) is 0 Å². The minimum absolute atomic E-state index is 0.224. The number of hydrogen-bond donors (Lipinski definition) is 1. The second-order valence-electron chi connectivity index (χ2n) is 3.34. The molecule has 7 heteroatoms. The van der Waals surface area contributed by atoms with Gasteiger partial charge in [0.2, 0.25) is 0 Å². The maximum atomic E-state index is 5.55. The largest absolute Gasteiger partial charge is 0.460 e. The second kappa shape index (κ2) is 6.59. The Morgan fingerprint density at radius 1 is 1.69 bits per heavy atom. The molecule has 3 unspecified atom stereocenters. The van der Waals surface area contributed by atoms with Gasteiger partial charge in [-0.1, -0.05) is 12.1 Å². The highest BCUT2D eigenvalue weighted by molar-refractivity contribution is 7.46. The van der Waals surface area contributed by atoms with Gasteiger partial charge in [0.1, 0.15) is 14.3 Å². The molecular formula is C9H13N2O2P3. The lowest BCUT2D eigenvalue weighted by molar-refractivity contribution is 0.407. The van der Waals surface area contributed by atoms with Crippen molar-refractivity contribution in [2.24, 2.45) is 4.52 Å². The summed E-state index contributed by atoms with van der Waals surface area (Å²) in [5.74, 6) is 0.892. The Balaban J connectivity index is 1.83. The van der Waals surface area contributed by atoms with Crippen molar-refractivity contribution in [2.75, 3.05) is 6.61 Å². The zero-order chi connectivity index (χ0) is 11.2. The number of hydrogen-bond acceptors (Lipinski definition) is 3. The normalized spacial score (nSPS) is 19.7. The summed E-state index contributed by atoms with van der Waals surface area (Å²) in [6.45, 7) is 0.892. The molecule has 0 aromatic heterocycles. The van der Waals surface area contributed by atoms with E-state index in [0.717, 1.165) is 27.3 Å². The molecule has 1 aromatic rings. The van der Waals surface area contributed by atoms with Crippen LogP contribution in [0.2, 0.25) is 0 Å². The van der Waals surface area contributed by atoms with Crippen LogP contribution in [0.5, 0.6) is 5.75 Å². The Kier molecular flexibility index (Phi) is 5.09. The van der Waals surface area contributed by atoms with Crippen LogP contribution in [0.4, 0.5) is 0 Å². The van der Waals surface area contributed by atoms with Gasteiger partial charge in [-0.25, -0.2) is 9.37 Å². The van der Waals surface area contributed by atoms with Crippen LogP contribution in [0.15, 0.2) is 28.8 Å².